The summed E-state index contributed by atoms with van der Waals surface area (Å²) in [5.74, 6) is 2.85. The lowest BCUT2D eigenvalue weighted by Gasteiger charge is -2.27. The van der Waals surface area contributed by atoms with Crippen LogP contribution in [0, 0.1) is 0 Å². The van der Waals surface area contributed by atoms with Gasteiger partial charge in [-0.05, 0) is 23.8 Å². The van der Waals surface area contributed by atoms with Crippen LogP contribution in [0.5, 0.6) is 5.75 Å². The first kappa shape index (κ1) is 25.1. The molecular formula is C39H25N3OS. The summed E-state index contributed by atoms with van der Waals surface area (Å²) < 4.78 is 9.15. The number of rotatable bonds is 4. The number of hydrogen-bond acceptors (Lipinski definition) is 5. The van der Waals surface area contributed by atoms with E-state index in [9.17, 15) is 0 Å². The van der Waals surface area contributed by atoms with Crippen molar-refractivity contribution < 1.29 is 4.74 Å². The Hall–Kier alpha value is -5.39. The molecule has 5 aromatic carbocycles. The molecule has 44 heavy (non-hydrogen) atoms. The van der Waals surface area contributed by atoms with Gasteiger partial charge >= 0.3 is 0 Å². The Balaban J connectivity index is 1.29. The lowest BCUT2D eigenvalue weighted by Crippen LogP contribution is -2.25. The molecule has 0 saturated heterocycles. The summed E-state index contributed by atoms with van der Waals surface area (Å²) in [5.41, 5.74) is 6.46. The first-order chi connectivity index (χ1) is 21.8. The molecule has 2 unspecified atom stereocenters. The van der Waals surface area contributed by atoms with Crippen molar-refractivity contribution in [3.63, 3.8) is 0 Å². The molecule has 5 heteroatoms. The Morgan fingerprint density at radius 1 is 0.523 bits per heavy atom. The van der Waals surface area contributed by atoms with Crippen LogP contribution in [0.3, 0.4) is 0 Å². The first-order valence-electron chi connectivity index (χ1n) is 14.8. The molecule has 208 valence electrons. The topological polar surface area (TPSA) is 47.9 Å². The third kappa shape index (κ3) is 4.01. The van der Waals surface area contributed by atoms with E-state index in [-0.39, 0.29) is 12.0 Å². The van der Waals surface area contributed by atoms with Gasteiger partial charge in [-0.3, -0.25) is 0 Å². The summed E-state index contributed by atoms with van der Waals surface area (Å²) in [6.07, 6.45) is 4.18. The molecule has 0 fully saturated rings. The average molecular weight is 584 g/mol. The summed E-state index contributed by atoms with van der Waals surface area (Å²) in [4.78, 5) is 15.5. The summed E-state index contributed by atoms with van der Waals surface area (Å²) in [5, 5.41) is 2.40. The average Bonchev–Trinajstić information content (AvgIpc) is 3.68. The quantitative estimate of drug-likeness (QED) is 0.207. The number of fused-ring (bicyclic) bond motifs is 6. The molecule has 0 saturated carbocycles. The third-order valence-electron chi connectivity index (χ3n) is 8.57. The summed E-state index contributed by atoms with van der Waals surface area (Å²) in [7, 11) is 0. The van der Waals surface area contributed by atoms with Crippen molar-refractivity contribution in [3.8, 4) is 28.5 Å². The lowest BCUT2D eigenvalue weighted by molar-refractivity contribution is 0.281. The molecular weight excluding hydrogens is 559 g/mol. The Bertz CT molecular complexity index is 2270. The van der Waals surface area contributed by atoms with Gasteiger partial charge in [0, 0.05) is 48.0 Å². The second-order valence-electron chi connectivity index (χ2n) is 11.1. The van der Waals surface area contributed by atoms with E-state index < -0.39 is 0 Å². The van der Waals surface area contributed by atoms with E-state index in [0.29, 0.717) is 17.5 Å². The number of allylic oxidation sites excluding steroid dienone is 2. The number of ether oxygens (including phenoxy) is 1. The van der Waals surface area contributed by atoms with Gasteiger partial charge in [-0.2, -0.15) is 0 Å². The van der Waals surface area contributed by atoms with Crippen molar-refractivity contribution in [2.75, 3.05) is 0 Å². The Morgan fingerprint density at radius 3 is 2.05 bits per heavy atom. The number of para-hydroxylation sites is 1. The van der Waals surface area contributed by atoms with Gasteiger partial charge < -0.3 is 4.74 Å². The highest BCUT2D eigenvalue weighted by atomic mass is 32.1. The molecule has 1 aliphatic heterocycles. The highest BCUT2D eigenvalue weighted by Gasteiger charge is 2.42. The Morgan fingerprint density at radius 2 is 1.18 bits per heavy atom. The lowest BCUT2D eigenvalue weighted by atomic mass is 9.79. The molecule has 0 spiro atoms. The zero-order valence-electron chi connectivity index (χ0n) is 23.6. The van der Waals surface area contributed by atoms with Crippen molar-refractivity contribution in [3.05, 3.63) is 156 Å². The number of benzene rings is 5. The minimum atomic E-state index is -0.181. The molecule has 3 heterocycles. The van der Waals surface area contributed by atoms with Gasteiger partial charge in [0.1, 0.15) is 11.9 Å². The second-order valence-corrected chi connectivity index (χ2v) is 12.2. The molecule has 9 rings (SSSR count). The van der Waals surface area contributed by atoms with Crippen molar-refractivity contribution >= 4 is 42.7 Å². The van der Waals surface area contributed by atoms with Gasteiger partial charge in [-0.25, -0.2) is 15.0 Å². The molecule has 0 bridgehead atoms. The van der Waals surface area contributed by atoms with E-state index in [1.54, 1.807) is 11.3 Å². The molecule has 7 aromatic rings. The fourth-order valence-corrected chi connectivity index (χ4v) is 7.70. The fraction of sp³-hybridized carbons (Fsp3) is 0.0513. The summed E-state index contributed by atoms with van der Waals surface area (Å²) >= 11 is 1.80. The molecule has 0 N–H and O–H groups in total. The normalized spacial score (nSPS) is 17.1. The molecule has 2 aromatic heterocycles. The highest BCUT2D eigenvalue weighted by Crippen LogP contribution is 2.51. The Labute approximate surface area is 258 Å². The van der Waals surface area contributed by atoms with Crippen LogP contribution in [-0.4, -0.2) is 21.1 Å². The number of nitrogens with zero attached hydrogens (tertiary/aromatic N) is 3. The predicted molar refractivity (Wildman–Crippen MR) is 180 cm³/mol. The van der Waals surface area contributed by atoms with Crippen LogP contribution in [0.25, 0.3) is 54.1 Å². The fourth-order valence-electron chi connectivity index (χ4n) is 6.57. The smallest absolute Gasteiger partial charge is 0.164 e. The van der Waals surface area contributed by atoms with Crippen LogP contribution in [0.4, 0.5) is 0 Å². The van der Waals surface area contributed by atoms with Crippen molar-refractivity contribution in [2.24, 2.45) is 0 Å². The van der Waals surface area contributed by atoms with Gasteiger partial charge in [-0.15, -0.1) is 11.3 Å². The van der Waals surface area contributed by atoms with Crippen LogP contribution < -0.4 is 4.74 Å². The van der Waals surface area contributed by atoms with Gasteiger partial charge in [-0.1, -0.05) is 121 Å². The molecule has 4 nitrogen and oxygen atoms in total. The number of aromatic nitrogens is 3. The third-order valence-corrected chi connectivity index (χ3v) is 9.71. The molecule has 0 radical (unpaired) electrons. The highest BCUT2D eigenvalue weighted by molar-refractivity contribution is 7.25. The maximum absolute atomic E-state index is 6.68. The summed E-state index contributed by atoms with van der Waals surface area (Å²) in [6, 6.07) is 44.0. The van der Waals surface area contributed by atoms with Gasteiger partial charge in [0.05, 0.1) is 5.92 Å². The van der Waals surface area contributed by atoms with E-state index in [4.69, 9.17) is 19.7 Å². The van der Waals surface area contributed by atoms with E-state index in [1.807, 2.05) is 30.3 Å². The van der Waals surface area contributed by atoms with E-state index in [0.717, 1.165) is 39.1 Å². The number of thiophene rings is 1. The molecule has 0 amide bonds. The molecule has 2 atom stereocenters. The minimum absolute atomic E-state index is 0.0527. The van der Waals surface area contributed by atoms with Crippen LogP contribution in [0.15, 0.2) is 140 Å². The van der Waals surface area contributed by atoms with Crippen molar-refractivity contribution in [1.29, 1.82) is 0 Å². The van der Waals surface area contributed by atoms with Crippen LogP contribution >= 0.6 is 11.3 Å². The maximum Gasteiger partial charge on any atom is 0.164 e. The zero-order valence-corrected chi connectivity index (χ0v) is 24.4. The molecule has 1 aliphatic carbocycles. The zero-order chi connectivity index (χ0) is 29.0. The van der Waals surface area contributed by atoms with E-state index in [2.05, 4.69) is 109 Å². The van der Waals surface area contributed by atoms with Gasteiger partial charge in [0.2, 0.25) is 0 Å². The predicted octanol–water partition coefficient (Wildman–Crippen LogP) is 9.60. The molecule has 2 aliphatic rings. The Kier molecular flexibility index (Phi) is 5.78. The van der Waals surface area contributed by atoms with Crippen LogP contribution in [-0.2, 0) is 0 Å². The standard InChI is InChI=1S/C39H25N3OS/c1-3-12-24(13-4-1)26-22-23-30(35-27-16-7-9-19-31(27)43-36(26)35)39-41-37(25-14-5-2-6-15-25)40-38(42-39)29-18-11-21-33-34(29)28-17-8-10-20-32(28)44-33/h1-23,35-36H. The van der Waals surface area contributed by atoms with Gasteiger partial charge in [0.15, 0.2) is 17.5 Å². The monoisotopic (exact) mass is 583 g/mol. The van der Waals surface area contributed by atoms with Crippen molar-refractivity contribution in [2.45, 2.75) is 12.0 Å². The van der Waals surface area contributed by atoms with E-state index in [1.165, 1.54) is 20.2 Å². The maximum atomic E-state index is 6.68. The first-order valence-corrected chi connectivity index (χ1v) is 15.6. The van der Waals surface area contributed by atoms with E-state index >= 15 is 0 Å². The summed E-state index contributed by atoms with van der Waals surface area (Å²) in [6.45, 7) is 0. The van der Waals surface area contributed by atoms with Gasteiger partial charge in [0.25, 0.3) is 0 Å². The largest absolute Gasteiger partial charge is 0.484 e. The SMILES string of the molecule is C1=C(c2ccccc2)C2Oc3ccccc3C2C(c2nc(-c3ccccc3)nc(-c3cccc4sc5ccccc5c34)n2)=C1. The minimum Gasteiger partial charge on any atom is -0.484 e. The van der Waals surface area contributed by atoms with Crippen LogP contribution in [0.1, 0.15) is 22.9 Å². The van der Waals surface area contributed by atoms with Crippen molar-refractivity contribution in [1.82, 2.24) is 15.0 Å². The number of hydrogen-bond donors (Lipinski definition) is 0. The second kappa shape index (κ2) is 10.1. The van der Waals surface area contributed by atoms with Crippen LogP contribution in [0.2, 0.25) is 0 Å².